The van der Waals surface area contributed by atoms with Gasteiger partial charge in [-0.05, 0) is 17.9 Å². The lowest BCUT2D eigenvalue weighted by Crippen LogP contribution is -2.24. The molecule has 0 bridgehead atoms. The molecular weight excluding hydrogens is 204 g/mol. The Balaban J connectivity index is 1.82. The Bertz CT molecular complexity index is 375. The van der Waals surface area contributed by atoms with E-state index in [1.165, 1.54) is 0 Å². The number of hydrogen-bond acceptors (Lipinski definition) is 3. The Morgan fingerprint density at radius 3 is 2.88 bits per heavy atom. The lowest BCUT2D eigenvalue weighted by Gasteiger charge is -2.05. The Kier molecular flexibility index (Phi) is 3.08. The summed E-state index contributed by atoms with van der Waals surface area (Å²) in [7, 11) is 1.58. The van der Waals surface area contributed by atoms with Crippen LogP contribution in [0.25, 0.3) is 0 Å². The summed E-state index contributed by atoms with van der Waals surface area (Å²) in [6.45, 7) is 2.64. The van der Waals surface area contributed by atoms with Crippen LogP contribution in [0.1, 0.15) is 18.9 Å². The Morgan fingerprint density at radius 1 is 1.62 bits per heavy atom. The fraction of sp³-hybridized carbons (Fsp3) is 0.500. The van der Waals surface area contributed by atoms with Gasteiger partial charge in [-0.2, -0.15) is 0 Å². The van der Waals surface area contributed by atoms with Crippen LogP contribution in [-0.2, 0) is 11.3 Å². The molecule has 0 unspecified atom stereocenters. The fourth-order valence-corrected chi connectivity index (χ4v) is 1.64. The van der Waals surface area contributed by atoms with Crippen LogP contribution in [-0.4, -0.2) is 18.0 Å². The standard InChI is InChI=1S/C12H16N2O2/c1-8-5-10(8)12(15)14-7-9-3-4-11(16-2)13-6-9/h3-4,6,8,10H,5,7H2,1-2H3,(H,14,15)/t8-,10+/m0/s1. The first-order chi connectivity index (χ1) is 7.70. The van der Waals surface area contributed by atoms with Gasteiger partial charge in [0.25, 0.3) is 0 Å². The molecule has 2 rings (SSSR count). The minimum Gasteiger partial charge on any atom is -0.481 e. The molecule has 0 aromatic carbocycles. The number of rotatable bonds is 4. The minimum absolute atomic E-state index is 0.156. The second kappa shape index (κ2) is 4.51. The molecule has 1 aromatic heterocycles. The number of hydrogen-bond donors (Lipinski definition) is 1. The van der Waals surface area contributed by atoms with Gasteiger partial charge in [-0.25, -0.2) is 4.98 Å². The molecule has 1 aromatic rings. The Labute approximate surface area is 95.0 Å². The molecule has 16 heavy (non-hydrogen) atoms. The van der Waals surface area contributed by atoms with E-state index in [9.17, 15) is 4.79 Å². The predicted octanol–water partition coefficient (Wildman–Crippen LogP) is 1.36. The molecule has 0 spiro atoms. The number of amides is 1. The van der Waals surface area contributed by atoms with E-state index in [4.69, 9.17) is 4.74 Å². The number of nitrogens with one attached hydrogen (secondary N) is 1. The molecule has 1 aliphatic rings. The highest BCUT2D eigenvalue weighted by Gasteiger charge is 2.38. The summed E-state index contributed by atoms with van der Waals surface area (Å²) in [4.78, 5) is 15.6. The molecule has 1 aliphatic carbocycles. The molecule has 2 atom stereocenters. The van der Waals surface area contributed by atoms with E-state index >= 15 is 0 Å². The van der Waals surface area contributed by atoms with Gasteiger partial charge in [0.2, 0.25) is 11.8 Å². The monoisotopic (exact) mass is 220 g/mol. The molecule has 1 amide bonds. The number of carbonyl (C=O) groups excluding carboxylic acids is 1. The maximum Gasteiger partial charge on any atom is 0.223 e. The number of ether oxygens (including phenoxy) is 1. The first-order valence-corrected chi connectivity index (χ1v) is 5.47. The number of methoxy groups -OCH3 is 1. The van der Waals surface area contributed by atoms with Crippen LogP contribution in [0, 0.1) is 11.8 Å². The maximum atomic E-state index is 11.6. The van der Waals surface area contributed by atoms with Gasteiger partial charge in [0.05, 0.1) is 7.11 Å². The van der Waals surface area contributed by atoms with Crippen molar-refractivity contribution in [3.8, 4) is 5.88 Å². The Morgan fingerprint density at radius 2 is 2.38 bits per heavy atom. The topological polar surface area (TPSA) is 51.2 Å². The largest absolute Gasteiger partial charge is 0.481 e. The zero-order valence-electron chi connectivity index (χ0n) is 9.56. The molecular formula is C12H16N2O2. The van der Waals surface area contributed by atoms with Gasteiger partial charge in [-0.3, -0.25) is 4.79 Å². The van der Waals surface area contributed by atoms with Crippen molar-refractivity contribution in [1.82, 2.24) is 10.3 Å². The highest BCUT2D eigenvalue weighted by molar-refractivity contribution is 5.81. The molecule has 1 heterocycles. The Hall–Kier alpha value is -1.58. The van der Waals surface area contributed by atoms with E-state index in [0.29, 0.717) is 18.3 Å². The smallest absolute Gasteiger partial charge is 0.223 e. The lowest BCUT2D eigenvalue weighted by molar-refractivity contribution is -0.122. The van der Waals surface area contributed by atoms with Crippen LogP contribution in [0.15, 0.2) is 18.3 Å². The van der Waals surface area contributed by atoms with Crippen LogP contribution >= 0.6 is 0 Å². The van der Waals surface area contributed by atoms with Crippen LogP contribution in [0.3, 0.4) is 0 Å². The normalized spacial score (nSPS) is 22.6. The van der Waals surface area contributed by atoms with Crippen molar-refractivity contribution in [2.45, 2.75) is 19.9 Å². The van der Waals surface area contributed by atoms with Gasteiger partial charge in [0.1, 0.15) is 0 Å². The average molecular weight is 220 g/mol. The molecule has 86 valence electrons. The van der Waals surface area contributed by atoms with E-state index < -0.39 is 0 Å². The first kappa shape index (κ1) is 10.9. The van der Waals surface area contributed by atoms with Crippen molar-refractivity contribution in [2.75, 3.05) is 7.11 Å². The van der Waals surface area contributed by atoms with Crippen LogP contribution in [0.4, 0.5) is 0 Å². The quantitative estimate of drug-likeness (QED) is 0.833. The summed E-state index contributed by atoms with van der Waals surface area (Å²) in [5.41, 5.74) is 0.988. The summed E-state index contributed by atoms with van der Waals surface area (Å²) in [6.07, 6.45) is 2.74. The summed E-state index contributed by atoms with van der Waals surface area (Å²) < 4.78 is 4.96. The molecule has 4 heteroatoms. The van der Waals surface area contributed by atoms with Gasteiger partial charge in [-0.15, -0.1) is 0 Å². The number of carbonyl (C=O) groups is 1. The van der Waals surface area contributed by atoms with Gasteiger partial charge in [-0.1, -0.05) is 13.0 Å². The number of nitrogens with zero attached hydrogens (tertiary/aromatic N) is 1. The number of pyridine rings is 1. The van der Waals surface area contributed by atoms with E-state index in [1.807, 2.05) is 6.07 Å². The molecule has 4 nitrogen and oxygen atoms in total. The van der Waals surface area contributed by atoms with Gasteiger partial charge >= 0.3 is 0 Å². The summed E-state index contributed by atoms with van der Waals surface area (Å²) in [5, 5.41) is 2.91. The van der Waals surface area contributed by atoms with Crippen molar-refractivity contribution < 1.29 is 9.53 Å². The maximum absolute atomic E-state index is 11.6. The highest BCUT2D eigenvalue weighted by atomic mass is 16.5. The summed E-state index contributed by atoms with van der Waals surface area (Å²) in [6, 6.07) is 3.70. The second-order valence-electron chi connectivity index (χ2n) is 4.25. The average Bonchev–Trinajstić information content (AvgIpc) is 3.04. The van der Waals surface area contributed by atoms with Gasteiger partial charge in [0, 0.05) is 24.7 Å². The zero-order valence-corrected chi connectivity index (χ0v) is 9.56. The van der Waals surface area contributed by atoms with E-state index in [-0.39, 0.29) is 11.8 Å². The third-order valence-electron chi connectivity index (χ3n) is 2.92. The third-order valence-corrected chi connectivity index (χ3v) is 2.92. The van der Waals surface area contributed by atoms with Crippen molar-refractivity contribution in [3.63, 3.8) is 0 Å². The van der Waals surface area contributed by atoms with Crippen LogP contribution in [0.2, 0.25) is 0 Å². The molecule has 0 radical (unpaired) electrons. The van der Waals surface area contributed by atoms with Crippen molar-refractivity contribution in [1.29, 1.82) is 0 Å². The summed E-state index contributed by atoms with van der Waals surface area (Å²) >= 11 is 0. The minimum atomic E-state index is 0.156. The van der Waals surface area contributed by atoms with Crippen molar-refractivity contribution in [3.05, 3.63) is 23.9 Å². The van der Waals surface area contributed by atoms with E-state index in [1.54, 1.807) is 19.4 Å². The fourth-order valence-electron chi connectivity index (χ4n) is 1.64. The van der Waals surface area contributed by atoms with Crippen LogP contribution in [0.5, 0.6) is 5.88 Å². The SMILES string of the molecule is COc1ccc(CNC(=O)[C@@H]2C[C@@H]2C)cn1. The summed E-state index contributed by atoms with van der Waals surface area (Å²) in [5.74, 6) is 1.52. The van der Waals surface area contributed by atoms with E-state index in [0.717, 1.165) is 12.0 Å². The van der Waals surface area contributed by atoms with Crippen molar-refractivity contribution >= 4 is 5.91 Å². The van der Waals surface area contributed by atoms with Gasteiger partial charge in [0.15, 0.2) is 0 Å². The third kappa shape index (κ3) is 2.51. The lowest BCUT2D eigenvalue weighted by atomic mass is 10.2. The molecule has 1 saturated carbocycles. The van der Waals surface area contributed by atoms with E-state index in [2.05, 4.69) is 17.2 Å². The predicted molar refractivity (Wildman–Crippen MR) is 59.9 cm³/mol. The zero-order chi connectivity index (χ0) is 11.5. The van der Waals surface area contributed by atoms with Crippen molar-refractivity contribution in [2.24, 2.45) is 11.8 Å². The molecule has 1 N–H and O–H groups in total. The van der Waals surface area contributed by atoms with Crippen LogP contribution < -0.4 is 10.1 Å². The first-order valence-electron chi connectivity index (χ1n) is 5.47. The highest BCUT2D eigenvalue weighted by Crippen LogP contribution is 2.37. The molecule has 1 fully saturated rings. The molecule has 0 saturated heterocycles. The molecule has 0 aliphatic heterocycles. The van der Waals surface area contributed by atoms with Gasteiger partial charge < -0.3 is 10.1 Å². The second-order valence-corrected chi connectivity index (χ2v) is 4.25. The number of aromatic nitrogens is 1.